The number of carbonyl (C=O) groups excluding carboxylic acids is 2. The van der Waals surface area contributed by atoms with Gasteiger partial charge in [0.05, 0.1) is 0 Å². The Bertz CT molecular complexity index is 681. The minimum absolute atomic E-state index is 0.118. The number of carbonyl (C=O) groups is 2. The van der Waals surface area contributed by atoms with Crippen molar-refractivity contribution in [2.45, 2.75) is 84.2 Å². The lowest BCUT2D eigenvalue weighted by Crippen LogP contribution is -2.54. The van der Waals surface area contributed by atoms with E-state index in [0.717, 1.165) is 37.0 Å². The van der Waals surface area contributed by atoms with Crippen LogP contribution in [0, 0.1) is 40.4 Å². The lowest BCUT2D eigenvalue weighted by atomic mass is 9.44. The van der Waals surface area contributed by atoms with E-state index in [1.807, 2.05) is 6.08 Å². The van der Waals surface area contributed by atoms with Crippen molar-refractivity contribution in [2.75, 3.05) is 0 Å². The molecule has 0 aromatic rings. The molecule has 0 bridgehead atoms. The van der Waals surface area contributed by atoms with Crippen molar-refractivity contribution in [2.24, 2.45) is 40.4 Å². The summed E-state index contributed by atoms with van der Waals surface area (Å²) in [6.45, 7) is 4.10. The van der Waals surface area contributed by atoms with Crippen LogP contribution in [0.1, 0.15) is 78.1 Å². The molecule has 0 saturated heterocycles. The Morgan fingerprint density at radius 2 is 1.85 bits per heavy atom. The zero-order valence-electron chi connectivity index (χ0n) is 16.9. The monoisotopic (exact) mass is 370 g/mol. The number of ether oxygens (including phenoxy) is 1. The van der Waals surface area contributed by atoms with Gasteiger partial charge in [-0.25, -0.2) is 0 Å². The summed E-state index contributed by atoms with van der Waals surface area (Å²) >= 11 is 0. The number of esters is 1. The molecule has 8 atom stereocenters. The van der Waals surface area contributed by atoms with E-state index < -0.39 is 0 Å². The molecular formula is C24H34O3. The van der Waals surface area contributed by atoms with Crippen molar-refractivity contribution in [3.8, 4) is 0 Å². The largest absolute Gasteiger partial charge is 0.463 e. The molecule has 27 heavy (non-hydrogen) atoms. The lowest BCUT2D eigenvalue weighted by Gasteiger charge is -2.61. The van der Waals surface area contributed by atoms with Crippen LogP contribution in [0.25, 0.3) is 0 Å². The molecule has 4 saturated carbocycles. The predicted molar refractivity (Wildman–Crippen MR) is 104 cm³/mol. The molecule has 4 fully saturated rings. The van der Waals surface area contributed by atoms with Crippen molar-refractivity contribution < 1.29 is 14.3 Å². The van der Waals surface area contributed by atoms with E-state index in [4.69, 9.17) is 4.74 Å². The second-order valence-electron chi connectivity index (χ2n) is 10.6. The Kier molecular flexibility index (Phi) is 4.11. The molecule has 0 aliphatic heterocycles. The van der Waals surface area contributed by atoms with Crippen molar-refractivity contribution in [1.82, 2.24) is 0 Å². The van der Waals surface area contributed by atoms with Crippen LogP contribution >= 0.6 is 0 Å². The van der Waals surface area contributed by atoms with Crippen LogP contribution < -0.4 is 0 Å². The summed E-state index contributed by atoms with van der Waals surface area (Å²) in [4.78, 5) is 23.4. The van der Waals surface area contributed by atoms with Crippen molar-refractivity contribution in [3.63, 3.8) is 0 Å². The van der Waals surface area contributed by atoms with E-state index in [1.54, 1.807) is 6.92 Å². The van der Waals surface area contributed by atoms with E-state index in [9.17, 15) is 9.59 Å². The minimum Gasteiger partial charge on any atom is -0.463 e. The predicted octanol–water partition coefficient (Wildman–Crippen LogP) is 5.09. The van der Waals surface area contributed by atoms with Crippen LogP contribution in [0.4, 0.5) is 0 Å². The van der Waals surface area contributed by atoms with Gasteiger partial charge in [0.1, 0.15) is 6.10 Å². The fourth-order valence-corrected chi connectivity index (χ4v) is 8.59. The van der Waals surface area contributed by atoms with Gasteiger partial charge in [0.25, 0.3) is 0 Å². The Balaban J connectivity index is 1.39. The molecule has 0 amide bonds. The lowest BCUT2D eigenvalue weighted by molar-refractivity contribution is -0.159. The van der Waals surface area contributed by atoms with Crippen LogP contribution in [0.3, 0.4) is 0 Å². The Hall–Kier alpha value is -1.12. The maximum absolute atomic E-state index is 12.0. The summed E-state index contributed by atoms with van der Waals surface area (Å²) in [5, 5.41) is 0. The maximum Gasteiger partial charge on any atom is 0.302 e. The Morgan fingerprint density at radius 3 is 2.67 bits per heavy atom. The molecule has 5 aliphatic carbocycles. The van der Waals surface area contributed by atoms with Gasteiger partial charge in [-0.05, 0) is 104 Å². The maximum atomic E-state index is 12.0. The smallest absolute Gasteiger partial charge is 0.302 e. The number of allylic oxidation sites excluding steroid dienone is 2. The van der Waals surface area contributed by atoms with Crippen LogP contribution in [0.5, 0.6) is 0 Å². The van der Waals surface area contributed by atoms with Gasteiger partial charge < -0.3 is 4.74 Å². The second-order valence-corrected chi connectivity index (χ2v) is 10.6. The fraction of sp³-hybridized carbons (Fsp3) is 0.833. The number of fused-ring (bicyclic) bond motifs is 4. The highest BCUT2D eigenvalue weighted by Gasteiger charge is 2.61. The zero-order valence-corrected chi connectivity index (χ0v) is 16.9. The topological polar surface area (TPSA) is 43.4 Å². The molecule has 0 aromatic carbocycles. The molecule has 0 aromatic heterocycles. The van der Waals surface area contributed by atoms with E-state index in [2.05, 4.69) is 13.0 Å². The average Bonchev–Trinajstić information content (AvgIpc) is 3.01. The standard InChI is InChI=1S/C24H34O3/c1-15(25)27-19-8-10-23(2)16(14-19)3-5-20-21(23)9-12-24-11-7-18(26)13-17(24)4-6-22(20)24/h7,11,16-17,19-22H,3-6,8-10,12-14H2,1-2H3/t16-,17-,19-,20-,21+,22+,23+,24-/m1/s1. The van der Waals surface area contributed by atoms with Crippen LogP contribution in [0.15, 0.2) is 12.2 Å². The van der Waals surface area contributed by atoms with Crippen LogP contribution in [-0.2, 0) is 14.3 Å². The Morgan fingerprint density at radius 1 is 1.04 bits per heavy atom. The van der Waals surface area contributed by atoms with Gasteiger partial charge >= 0.3 is 5.97 Å². The number of rotatable bonds is 1. The third-order valence-corrected chi connectivity index (χ3v) is 9.74. The molecule has 0 unspecified atom stereocenters. The summed E-state index contributed by atoms with van der Waals surface area (Å²) in [6.07, 6.45) is 16.4. The zero-order chi connectivity index (χ0) is 18.8. The summed E-state index contributed by atoms with van der Waals surface area (Å²) in [7, 11) is 0. The molecule has 148 valence electrons. The van der Waals surface area contributed by atoms with E-state index in [1.165, 1.54) is 44.9 Å². The first kappa shape index (κ1) is 17.9. The van der Waals surface area contributed by atoms with Crippen molar-refractivity contribution >= 4 is 11.8 Å². The highest BCUT2D eigenvalue weighted by atomic mass is 16.5. The summed E-state index contributed by atoms with van der Waals surface area (Å²) in [6, 6.07) is 0. The van der Waals surface area contributed by atoms with Gasteiger partial charge in [-0.3, -0.25) is 9.59 Å². The third-order valence-electron chi connectivity index (χ3n) is 9.74. The second kappa shape index (κ2) is 6.19. The highest BCUT2D eigenvalue weighted by Crippen LogP contribution is 2.68. The number of hydrogen-bond acceptors (Lipinski definition) is 3. The van der Waals surface area contributed by atoms with Gasteiger partial charge in [0.15, 0.2) is 5.78 Å². The molecule has 1 spiro atoms. The van der Waals surface area contributed by atoms with Crippen LogP contribution in [-0.4, -0.2) is 17.9 Å². The minimum atomic E-state index is -0.118. The quantitative estimate of drug-likeness (QED) is 0.604. The van der Waals surface area contributed by atoms with E-state index in [-0.39, 0.29) is 12.1 Å². The van der Waals surface area contributed by atoms with Crippen molar-refractivity contribution in [1.29, 1.82) is 0 Å². The average molecular weight is 371 g/mol. The Labute approximate surface area is 163 Å². The number of ketones is 1. The number of hydrogen-bond donors (Lipinski definition) is 0. The van der Waals surface area contributed by atoms with Gasteiger partial charge in [-0.1, -0.05) is 13.0 Å². The van der Waals surface area contributed by atoms with E-state index >= 15 is 0 Å². The van der Waals surface area contributed by atoms with Gasteiger partial charge in [0, 0.05) is 13.3 Å². The first-order valence-electron chi connectivity index (χ1n) is 11.3. The van der Waals surface area contributed by atoms with Crippen molar-refractivity contribution in [3.05, 3.63) is 12.2 Å². The highest BCUT2D eigenvalue weighted by molar-refractivity contribution is 5.91. The fourth-order valence-electron chi connectivity index (χ4n) is 8.59. The molecule has 0 radical (unpaired) electrons. The van der Waals surface area contributed by atoms with Crippen LogP contribution in [0.2, 0.25) is 0 Å². The molecular weight excluding hydrogens is 336 g/mol. The van der Waals surface area contributed by atoms with Gasteiger partial charge in [-0.2, -0.15) is 0 Å². The molecule has 5 rings (SSSR count). The molecule has 5 aliphatic rings. The first-order chi connectivity index (χ1) is 12.9. The molecule has 0 heterocycles. The van der Waals surface area contributed by atoms with E-state index in [0.29, 0.717) is 28.4 Å². The van der Waals surface area contributed by atoms with Gasteiger partial charge in [0.2, 0.25) is 0 Å². The summed E-state index contributed by atoms with van der Waals surface area (Å²) < 4.78 is 5.59. The normalized spacial score (nSPS) is 51.0. The molecule has 3 nitrogen and oxygen atoms in total. The SMILES string of the molecule is CC(=O)O[C@@H]1CC[C@@]2(C)[C@H](CC[C@@H]3[C@@H]2CC[C@]24C=CC(=O)C[C@H]2CC[C@@H]34)C1. The first-order valence-corrected chi connectivity index (χ1v) is 11.3. The molecule has 3 heteroatoms. The van der Waals surface area contributed by atoms with Gasteiger partial charge in [-0.15, -0.1) is 0 Å². The molecule has 0 N–H and O–H groups in total. The summed E-state index contributed by atoms with van der Waals surface area (Å²) in [5.74, 6) is 4.04. The third kappa shape index (κ3) is 2.59. The summed E-state index contributed by atoms with van der Waals surface area (Å²) in [5.41, 5.74) is 0.765.